The lowest BCUT2D eigenvalue weighted by Crippen LogP contribution is -2.00. The second kappa shape index (κ2) is 7.21. The van der Waals surface area contributed by atoms with E-state index in [1.165, 1.54) is 5.56 Å². The highest BCUT2D eigenvalue weighted by Crippen LogP contribution is 2.21. The van der Waals surface area contributed by atoms with Gasteiger partial charge in [0.1, 0.15) is 5.75 Å². The van der Waals surface area contributed by atoms with E-state index in [9.17, 15) is 0 Å². The molecule has 2 aromatic heterocycles. The van der Waals surface area contributed by atoms with Crippen LogP contribution >= 0.6 is 0 Å². The lowest BCUT2D eigenvalue weighted by Gasteiger charge is -2.12. The molecule has 1 atom stereocenters. The fourth-order valence-corrected chi connectivity index (χ4v) is 2.26. The molecule has 2 heterocycles. The lowest BCUT2D eigenvalue weighted by atomic mass is 9.98. The summed E-state index contributed by atoms with van der Waals surface area (Å²) in [5.41, 5.74) is 3.56. The van der Waals surface area contributed by atoms with Crippen molar-refractivity contribution in [2.45, 2.75) is 45.4 Å². The predicted molar refractivity (Wildman–Crippen MR) is 85.9 cm³/mol. The first kappa shape index (κ1) is 15.5. The molecule has 21 heavy (non-hydrogen) atoms. The summed E-state index contributed by atoms with van der Waals surface area (Å²) in [6.07, 6.45) is 5.89. The van der Waals surface area contributed by atoms with Crippen LogP contribution in [-0.2, 0) is 6.42 Å². The van der Waals surface area contributed by atoms with Gasteiger partial charge in [0.05, 0.1) is 13.3 Å². The zero-order chi connectivity index (χ0) is 15.2. The molecule has 0 saturated carbocycles. The first-order valence-corrected chi connectivity index (χ1v) is 7.55. The van der Waals surface area contributed by atoms with Gasteiger partial charge < -0.3 is 4.74 Å². The van der Waals surface area contributed by atoms with E-state index < -0.39 is 0 Å². The van der Waals surface area contributed by atoms with E-state index in [0.29, 0.717) is 11.8 Å². The topological polar surface area (TPSA) is 35.0 Å². The van der Waals surface area contributed by atoms with Crippen LogP contribution in [0, 0.1) is 0 Å². The maximum Gasteiger partial charge on any atom is 0.137 e. The zero-order valence-electron chi connectivity index (χ0n) is 13.3. The van der Waals surface area contributed by atoms with Gasteiger partial charge in [-0.15, -0.1) is 0 Å². The van der Waals surface area contributed by atoms with Gasteiger partial charge in [0.15, 0.2) is 0 Å². The molecule has 3 nitrogen and oxygen atoms in total. The molecule has 0 aromatic carbocycles. The number of methoxy groups -OCH3 is 1. The number of hydrogen-bond acceptors (Lipinski definition) is 3. The summed E-state index contributed by atoms with van der Waals surface area (Å²) in [5.74, 6) is 1.72. The van der Waals surface area contributed by atoms with Crippen molar-refractivity contribution < 1.29 is 4.74 Å². The zero-order valence-corrected chi connectivity index (χ0v) is 13.3. The third kappa shape index (κ3) is 4.28. The normalized spacial score (nSPS) is 12.4. The molecule has 0 spiro atoms. The van der Waals surface area contributed by atoms with E-state index in [0.717, 1.165) is 30.0 Å². The monoisotopic (exact) mass is 284 g/mol. The molecule has 0 fully saturated rings. The number of pyridine rings is 2. The van der Waals surface area contributed by atoms with Crippen molar-refractivity contribution in [1.29, 1.82) is 0 Å². The Morgan fingerprint density at radius 1 is 0.952 bits per heavy atom. The quantitative estimate of drug-likeness (QED) is 0.791. The Kier molecular flexibility index (Phi) is 5.32. The summed E-state index contributed by atoms with van der Waals surface area (Å²) < 4.78 is 5.14. The molecule has 0 aliphatic heterocycles. The lowest BCUT2D eigenvalue weighted by molar-refractivity contribution is 0.412. The van der Waals surface area contributed by atoms with Crippen molar-refractivity contribution >= 4 is 0 Å². The number of aryl methyl sites for hydroxylation is 1. The Morgan fingerprint density at radius 3 is 2.19 bits per heavy atom. The van der Waals surface area contributed by atoms with Crippen LogP contribution in [0.4, 0.5) is 0 Å². The second-order valence-corrected chi connectivity index (χ2v) is 5.81. The molecule has 3 heteroatoms. The van der Waals surface area contributed by atoms with Crippen molar-refractivity contribution in [3.63, 3.8) is 0 Å². The third-order valence-corrected chi connectivity index (χ3v) is 3.80. The van der Waals surface area contributed by atoms with E-state index in [2.05, 4.69) is 42.9 Å². The van der Waals surface area contributed by atoms with Gasteiger partial charge in [-0.25, -0.2) is 0 Å². The van der Waals surface area contributed by atoms with Crippen molar-refractivity contribution in [2.24, 2.45) is 0 Å². The molecule has 112 valence electrons. The van der Waals surface area contributed by atoms with Crippen molar-refractivity contribution in [3.8, 4) is 5.75 Å². The van der Waals surface area contributed by atoms with Gasteiger partial charge in [-0.1, -0.05) is 26.8 Å². The number of rotatable bonds is 6. The maximum atomic E-state index is 5.14. The molecular formula is C18H24N2O. The predicted octanol–water partition coefficient (Wildman–Crippen LogP) is 4.34. The molecule has 0 saturated heterocycles. The molecule has 0 amide bonds. The van der Waals surface area contributed by atoms with Crippen LogP contribution in [0.2, 0.25) is 0 Å². The first-order chi connectivity index (χ1) is 10.1. The number of nitrogens with zero attached hydrogens (tertiary/aromatic N) is 2. The highest BCUT2D eigenvalue weighted by Gasteiger charge is 2.08. The first-order valence-electron chi connectivity index (χ1n) is 7.55. The van der Waals surface area contributed by atoms with Crippen molar-refractivity contribution in [3.05, 3.63) is 53.6 Å². The molecule has 0 aliphatic carbocycles. The van der Waals surface area contributed by atoms with Gasteiger partial charge in [-0.3, -0.25) is 9.97 Å². The van der Waals surface area contributed by atoms with E-state index in [4.69, 9.17) is 4.74 Å². The molecule has 0 N–H and O–H groups in total. The minimum absolute atomic E-state index is 0.431. The summed E-state index contributed by atoms with van der Waals surface area (Å²) in [6, 6.07) is 8.34. The summed E-state index contributed by atoms with van der Waals surface area (Å²) >= 11 is 0. The van der Waals surface area contributed by atoms with Crippen LogP contribution in [0.15, 0.2) is 36.7 Å². The number of hydrogen-bond donors (Lipinski definition) is 0. The van der Waals surface area contributed by atoms with Gasteiger partial charge in [0.25, 0.3) is 0 Å². The van der Waals surface area contributed by atoms with Gasteiger partial charge in [-0.2, -0.15) is 0 Å². The Hall–Kier alpha value is -1.90. The summed E-state index contributed by atoms with van der Waals surface area (Å²) in [5, 5.41) is 0. The fraction of sp³-hybridized carbons (Fsp3) is 0.444. The Morgan fingerprint density at radius 2 is 1.67 bits per heavy atom. The Labute approximate surface area is 127 Å². The third-order valence-electron chi connectivity index (χ3n) is 3.80. The average molecular weight is 284 g/mol. The van der Waals surface area contributed by atoms with Crippen molar-refractivity contribution in [1.82, 2.24) is 9.97 Å². The highest BCUT2D eigenvalue weighted by atomic mass is 16.5. The average Bonchev–Trinajstić information content (AvgIpc) is 2.53. The second-order valence-electron chi connectivity index (χ2n) is 5.81. The Balaban J connectivity index is 1.92. The minimum Gasteiger partial charge on any atom is -0.495 e. The van der Waals surface area contributed by atoms with Gasteiger partial charge in [0, 0.05) is 17.6 Å². The van der Waals surface area contributed by atoms with Crippen molar-refractivity contribution in [2.75, 3.05) is 7.11 Å². The van der Waals surface area contributed by atoms with E-state index >= 15 is 0 Å². The van der Waals surface area contributed by atoms with Crippen LogP contribution in [0.5, 0.6) is 5.75 Å². The maximum absolute atomic E-state index is 5.14. The van der Waals surface area contributed by atoms with E-state index in [1.54, 1.807) is 13.3 Å². The van der Waals surface area contributed by atoms with Gasteiger partial charge in [0.2, 0.25) is 0 Å². The molecule has 2 aromatic rings. The molecule has 0 aliphatic rings. The fourth-order valence-electron chi connectivity index (χ4n) is 2.26. The largest absolute Gasteiger partial charge is 0.495 e. The van der Waals surface area contributed by atoms with Crippen LogP contribution in [0.3, 0.4) is 0 Å². The standard InChI is InChI=1S/C18H24N2O/c1-13(2)17-9-7-15(11-19-17)6-5-14(3)18-10-8-16(21-4)12-20-18/h7-14H,5-6H2,1-4H3. The Bertz CT molecular complexity index is 546. The van der Waals surface area contributed by atoms with Gasteiger partial charge in [-0.05, 0) is 48.4 Å². The summed E-state index contributed by atoms with van der Waals surface area (Å²) in [4.78, 5) is 8.98. The molecule has 0 bridgehead atoms. The van der Waals surface area contributed by atoms with Crippen LogP contribution in [0.1, 0.15) is 56.0 Å². The minimum atomic E-state index is 0.431. The molecule has 2 rings (SSSR count). The van der Waals surface area contributed by atoms with Crippen LogP contribution in [-0.4, -0.2) is 17.1 Å². The molecule has 1 unspecified atom stereocenters. The molecule has 0 radical (unpaired) electrons. The summed E-state index contributed by atoms with van der Waals surface area (Å²) in [7, 11) is 1.66. The SMILES string of the molecule is COc1ccc(C(C)CCc2ccc(C(C)C)nc2)nc1. The van der Waals surface area contributed by atoms with E-state index in [1.807, 2.05) is 18.3 Å². The smallest absolute Gasteiger partial charge is 0.137 e. The molecular weight excluding hydrogens is 260 g/mol. The van der Waals surface area contributed by atoms with E-state index in [-0.39, 0.29) is 0 Å². The highest BCUT2D eigenvalue weighted by molar-refractivity contribution is 5.22. The summed E-state index contributed by atoms with van der Waals surface area (Å²) in [6.45, 7) is 6.55. The number of ether oxygens (including phenoxy) is 1. The van der Waals surface area contributed by atoms with Crippen LogP contribution in [0.25, 0.3) is 0 Å². The van der Waals surface area contributed by atoms with Crippen LogP contribution < -0.4 is 4.74 Å². The number of aromatic nitrogens is 2. The van der Waals surface area contributed by atoms with Gasteiger partial charge >= 0.3 is 0 Å².